The number of sulfonamides is 2. The first-order valence-corrected chi connectivity index (χ1v) is 16.1. The van der Waals surface area contributed by atoms with Gasteiger partial charge in [0.05, 0.1) is 35.4 Å². The maximum Gasteiger partial charge on any atom is 0.264 e. The van der Waals surface area contributed by atoms with Crippen LogP contribution in [0.1, 0.15) is 16.7 Å². The average molecular weight is 624 g/mol. The minimum Gasteiger partial charge on any atom is -0.493 e. The molecule has 0 fully saturated rings. The molecule has 226 valence electrons. The van der Waals surface area contributed by atoms with Gasteiger partial charge in [0, 0.05) is 11.8 Å². The van der Waals surface area contributed by atoms with Gasteiger partial charge in [-0.1, -0.05) is 29.8 Å². The highest BCUT2D eigenvalue weighted by molar-refractivity contribution is 7.93. The van der Waals surface area contributed by atoms with Crippen LogP contribution in [-0.4, -0.2) is 43.5 Å². The van der Waals surface area contributed by atoms with Gasteiger partial charge in [0.25, 0.3) is 20.0 Å². The molecular formula is C31H33N3O7S2. The van der Waals surface area contributed by atoms with Crippen LogP contribution >= 0.6 is 0 Å². The summed E-state index contributed by atoms with van der Waals surface area (Å²) < 4.78 is 67.6. The standard InChI is InChI=1S/C31H33N3O7S2/c1-21-7-13-27(14-8-21)43(38,39)34(25-12-17-29(40-4)30(19-25)41-5)20-31(35)32-24-10-15-26(16-11-24)42(36,37)33-28-18-22(2)6-9-23(28)3/h6-19,33H,20H2,1-5H3,(H,32,35). The van der Waals surface area contributed by atoms with Crippen LogP contribution in [0.25, 0.3) is 0 Å². The van der Waals surface area contributed by atoms with Crippen molar-refractivity contribution in [3.63, 3.8) is 0 Å². The van der Waals surface area contributed by atoms with Crippen molar-refractivity contribution in [2.75, 3.05) is 35.1 Å². The minimum atomic E-state index is -4.18. The number of rotatable bonds is 11. The lowest BCUT2D eigenvalue weighted by molar-refractivity contribution is -0.114. The molecule has 0 aromatic heterocycles. The Labute approximate surface area is 252 Å². The van der Waals surface area contributed by atoms with E-state index in [0.29, 0.717) is 11.4 Å². The summed E-state index contributed by atoms with van der Waals surface area (Å²) in [5, 5.41) is 2.65. The maximum atomic E-state index is 13.7. The molecule has 0 aliphatic heterocycles. The van der Waals surface area contributed by atoms with E-state index in [1.54, 1.807) is 31.2 Å². The predicted molar refractivity (Wildman–Crippen MR) is 167 cm³/mol. The number of carbonyl (C=O) groups excluding carboxylic acids is 1. The normalized spacial score (nSPS) is 11.5. The van der Waals surface area contributed by atoms with E-state index < -0.39 is 32.5 Å². The third-order valence-corrected chi connectivity index (χ3v) is 9.81. The molecule has 12 heteroatoms. The predicted octanol–water partition coefficient (Wildman–Crippen LogP) is 5.26. The highest BCUT2D eigenvalue weighted by Crippen LogP contribution is 2.34. The second kappa shape index (κ2) is 12.8. The quantitative estimate of drug-likeness (QED) is 0.233. The Kier molecular flexibility index (Phi) is 9.31. The molecule has 0 spiro atoms. The molecule has 0 bridgehead atoms. The molecule has 4 aromatic carbocycles. The number of anilines is 3. The molecule has 4 rings (SSSR count). The molecule has 0 aliphatic carbocycles. The fourth-order valence-electron chi connectivity index (χ4n) is 4.23. The van der Waals surface area contributed by atoms with Gasteiger partial charge in [0.1, 0.15) is 6.54 Å². The zero-order chi connectivity index (χ0) is 31.4. The monoisotopic (exact) mass is 623 g/mol. The molecule has 0 radical (unpaired) electrons. The van der Waals surface area contributed by atoms with E-state index in [9.17, 15) is 21.6 Å². The Balaban J connectivity index is 1.58. The molecule has 43 heavy (non-hydrogen) atoms. The topological polar surface area (TPSA) is 131 Å². The number of ether oxygens (including phenoxy) is 2. The molecule has 2 N–H and O–H groups in total. The summed E-state index contributed by atoms with van der Waals surface area (Å²) in [5.74, 6) is 0.0378. The summed E-state index contributed by atoms with van der Waals surface area (Å²) in [7, 11) is -5.18. The molecule has 0 unspecified atom stereocenters. The van der Waals surface area contributed by atoms with E-state index in [0.717, 1.165) is 21.0 Å². The molecule has 1 amide bonds. The number of hydrogen-bond acceptors (Lipinski definition) is 7. The van der Waals surface area contributed by atoms with Crippen LogP contribution in [-0.2, 0) is 24.8 Å². The van der Waals surface area contributed by atoms with Gasteiger partial charge < -0.3 is 14.8 Å². The van der Waals surface area contributed by atoms with Crippen molar-refractivity contribution in [1.82, 2.24) is 0 Å². The Morgan fingerprint density at radius 2 is 1.33 bits per heavy atom. The molecule has 0 atom stereocenters. The number of hydrogen-bond donors (Lipinski definition) is 2. The summed E-state index contributed by atoms with van der Waals surface area (Å²) in [4.78, 5) is 13.2. The number of aryl methyl sites for hydroxylation is 3. The van der Waals surface area contributed by atoms with Crippen molar-refractivity contribution in [2.45, 2.75) is 30.6 Å². The number of carbonyl (C=O) groups is 1. The summed E-state index contributed by atoms with van der Waals surface area (Å²) in [5.41, 5.74) is 3.51. The number of methoxy groups -OCH3 is 2. The third kappa shape index (κ3) is 7.27. The molecule has 0 saturated carbocycles. The van der Waals surface area contributed by atoms with Gasteiger partial charge in [-0.25, -0.2) is 16.8 Å². The van der Waals surface area contributed by atoms with Gasteiger partial charge in [0.2, 0.25) is 5.91 Å². The van der Waals surface area contributed by atoms with Crippen molar-refractivity contribution >= 4 is 43.0 Å². The molecule has 0 saturated heterocycles. The van der Waals surface area contributed by atoms with Gasteiger partial charge in [0.15, 0.2) is 11.5 Å². The summed E-state index contributed by atoms with van der Waals surface area (Å²) in [6, 6.07) is 21.9. The smallest absolute Gasteiger partial charge is 0.264 e. The van der Waals surface area contributed by atoms with Gasteiger partial charge in [-0.05, 0) is 86.5 Å². The van der Waals surface area contributed by atoms with E-state index in [-0.39, 0.29) is 26.9 Å². The average Bonchev–Trinajstić information content (AvgIpc) is 2.97. The largest absolute Gasteiger partial charge is 0.493 e. The Morgan fingerprint density at radius 3 is 1.95 bits per heavy atom. The van der Waals surface area contributed by atoms with E-state index in [1.807, 2.05) is 26.0 Å². The van der Waals surface area contributed by atoms with Gasteiger partial charge in [-0.15, -0.1) is 0 Å². The van der Waals surface area contributed by atoms with Crippen molar-refractivity contribution < 1.29 is 31.1 Å². The van der Waals surface area contributed by atoms with Crippen molar-refractivity contribution in [2.24, 2.45) is 0 Å². The van der Waals surface area contributed by atoms with Crippen LogP contribution < -0.4 is 23.8 Å². The van der Waals surface area contributed by atoms with Gasteiger partial charge in [-0.2, -0.15) is 0 Å². The minimum absolute atomic E-state index is 0.000285. The van der Waals surface area contributed by atoms with Gasteiger partial charge in [-0.3, -0.25) is 13.8 Å². The lowest BCUT2D eigenvalue weighted by Crippen LogP contribution is -2.38. The third-order valence-electron chi connectivity index (χ3n) is 6.64. The van der Waals surface area contributed by atoms with Crippen LogP contribution in [0.2, 0.25) is 0 Å². The van der Waals surface area contributed by atoms with Crippen LogP contribution in [0.3, 0.4) is 0 Å². The first-order chi connectivity index (χ1) is 20.3. The van der Waals surface area contributed by atoms with Gasteiger partial charge >= 0.3 is 0 Å². The van der Waals surface area contributed by atoms with E-state index >= 15 is 0 Å². The highest BCUT2D eigenvalue weighted by atomic mass is 32.2. The maximum absolute atomic E-state index is 13.7. The lowest BCUT2D eigenvalue weighted by Gasteiger charge is -2.25. The molecule has 10 nitrogen and oxygen atoms in total. The van der Waals surface area contributed by atoms with E-state index in [4.69, 9.17) is 9.47 Å². The first-order valence-electron chi connectivity index (χ1n) is 13.2. The fourth-order valence-corrected chi connectivity index (χ4v) is 6.76. The zero-order valence-corrected chi connectivity index (χ0v) is 26.0. The summed E-state index contributed by atoms with van der Waals surface area (Å²) >= 11 is 0. The van der Waals surface area contributed by atoms with Crippen LogP contribution in [0.5, 0.6) is 11.5 Å². The molecular weight excluding hydrogens is 590 g/mol. The number of amides is 1. The van der Waals surface area contributed by atoms with Crippen LogP contribution in [0.15, 0.2) is 94.7 Å². The molecule has 4 aromatic rings. The Hall–Kier alpha value is -4.55. The summed E-state index contributed by atoms with van der Waals surface area (Å²) in [6.45, 7) is 4.94. The SMILES string of the molecule is COc1ccc(N(CC(=O)Nc2ccc(S(=O)(=O)Nc3cc(C)ccc3C)cc2)S(=O)(=O)c2ccc(C)cc2)cc1OC. The summed E-state index contributed by atoms with van der Waals surface area (Å²) in [6.07, 6.45) is 0. The lowest BCUT2D eigenvalue weighted by atomic mass is 10.1. The van der Waals surface area contributed by atoms with Crippen LogP contribution in [0, 0.1) is 20.8 Å². The van der Waals surface area contributed by atoms with Crippen molar-refractivity contribution in [1.29, 1.82) is 0 Å². The highest BCUT2D eigenvalue weighted by Gasteiger charge is 2.28. The van der Waals surface area contributed by atoms with Crippen molar-refractivity contribution in [3.05, 3.63) is 102 Å². The second-order valence-corrected chi connectivity index (χ2v) is 13.4. The Morgan fingerprint density at radius 1 is 0.721 bits per heavy atom. The number of nitrogens with zero attached hydrogens (tertiary/aromatic N) is 1. The fraction of sp³-hybridized carbons (Fsp3) is 0.194. The zero-order valence-electron chi connectivity index (χ0n) is 24.4. The Bertz CT molecular complexity index is 1840. The van der Waals surface area contributed by atoms with E-state index in [1.165, 1.54) is 62.8 Å². The van der Waals surface area contributed by atoms with Crippen molar-refractivity contribution in [3.8, 4) is 11.5 Å². The molecule has 0 heterocycles. The van der Waals surface area contributed by atoms with Crippen LogP contribution in [0.4, 0.5) is 17.1 Å². The second-order valence-electron chi connectivity index (χ2n) is 9.86. The molecule has 0 aliphatic rings. The first kappa shape index (κ1) is 31.4. The van der Waals surface area contributed by atoms with E-state index in [2.05, 4.69) is 10.0 Å². The number of nitrogens with one attached hydrogen (secondary N) is 2. The number of benzene rings is 4.